The molecule has 0 saturated carbocycles. The van der Waals surface area contributed by atoms with Gasteiger partial charge in [-0.05, 0) is 42.0 Å². The van der Waals surface area contributed by atoms with Gasteiger partial charge in [-0.25, -0.2) is 0 Å². The van der Waals surface area contributed by atoms with Crippen molar-refractivity contribution < 1.29 is 15.0 Å². The summed E-state index contributed by atoms with van der Waals surface area (Å²) in [5, 5.41) is 20.4. The van der Waals surface area contributed by atoms with Gasteiger partial charge in [-0.3, -0.25) is 4.79 Å². The number of benzene rings is 2. The summed E-state index contributed by atoms with van der Waals surface area (Å²) >= 11 is 0. The fourth-order valence-corrected chi connectivity index (χ4v) is 2.97. The molecule has 0 atom stereocenters. The minimum atomic E-state index is -0.278. The second-order valence-electron chi connectivity index (χ2n) is 5.53. The van der Waals surface area contributed by atoms with E-state index in [4.69, 9.17) is 0 Å². The average molecular weight is 282 g/mol. The fourth-order valence-electron chi connectivity index (χ4n) is 2.97. The third-order valence-corrected chi connectivity index (χ3v) is 4.11. The van der Waals surface area contributed by atoms with E-state index in [9.17, 15) is 15.0 Å². The van der Waals surface area contributed by atoms with Gasteiger partial charge in [0, 0.05) is 0 Å². The van der Waals surface area contributed by atoms with E-state index in [2.05, 4.69) is 6.92 Å². The van der Waals surface area contributed by atoms with Gasteiger partial charge in [-0.1, -0.05) is 37.6 Å². The van der Waals surface area contributed by atoms with Crippen LogP contribution in [0.5, 0.6) is 11.5 Å². The van der Waals surface area contributed by atoms with Crippen molar-refractivity contribution in [3.8, 4) is 11.5 Å². The zero-order valence-electron chi connectivity index (χ0n) is 12.0. The van der Waals surface area contributed by atoms with Gasteiger partial charge < -0.3 is 10.2 Å². The van der Waals surface area contributed by atoms with Crippen LogP contribution in [0.2, 0.25) is 0 Å². The maximum absolute atomic E-state index is 12.7. The molecule has 0 fully saturated rings. The van der Waals surface area contributed by atoms with E-state index in [1.54, 1.807) is 6.07 Å². The van der Waals surface area contributed by atoms with Gasteiger partial charge in [0.05, 0.1) is 11.1 Å². The SMILES string of the molecule is CCCCc1ccc2c(c1O)C(=O)c1c(O)cccc1C2. The van der Waals surface area contributed by atoms with Crippen molar-refractivity contribution in [1.29, 1.82) is 0 Å². The highest BCUT2D eigenvalue weighted by molar-refractivity contribution is 6.15. The number of hydrogen-bond acceptors (Lipinski definition) is 3. The molecule has 0 spiro atoms. The average Bonchev–Trinajstić information content (AvgIpc) is 2.46. The molecule has 0 bridgehead atoms. The van der Waals surface area contributed by atoms with E-state index in [1.807, 2.05) is 18.2 Å². The molecule has 0 aromatic heterocycles. The Morgan fingerprint density at radius 3 is 2.57 bits per heavy atom. The van der Waals surface area contributed by atoms with Crippen LogP contribution in [0.15, 0.2) is 30.3 Å². The summed E-state index contributed by atoms with van der Waals surface area (Å²) in [5.41, 5.74) is 3.14. The third kappa shape index (κ3) is 2.19. The zero-order chi connectivity index (χ0) is 15.0. The van der Waals surface area contributed by atoms with Crippen LogP contribution in [0.4, 0.5) is 0 Å². The standard InChI is InChI=1S/C18H18O3/c1-2-3-5-11-8-9-13-10-12-6-4-7-14(19)15(12)18(21)16(13)17(11)20/h4,6-9,19-20H,2-3,5,10H2,1H3. The van der Waals surface area contributed by atoms with Gasteiger partial charge in [0.2, 0.25) is 5.78 Å². The summed E-state index contributed by atoms with van der Waals surface area (Å²) < 4.78 is 0. The Balaban J connectivity index is 2.11. The quantitative estimate of drug-likeness (QED) is 0.772. The molecule has 0 radical (unpaired) electrons. The fraction of sp³-hybridized carbons (Fsp3) is 0.278. The molecule has 0 saturated heterocycles. The summed E-state index contributed by atoms with van der Waals surface area (Å²) in [6, 6.07) is 8.93. The molecule has 1 aliphatic rings. The number of hydrogen-bond donors (Lipinski definition) is 2. The number of carbonyl (C=O) groups is 1. The zero-order valence-corrected chi connectivity index (χ0v) is 12.0. The molecule has 2 aromatic rings. The molecule has 2 N–H and O–H groups in total. The number of phenols is 2. The number of rotatable bonds is 3. The first-order valence-electron chi connectivity index (χ1n) is 7.32. The van der Waals surface area contributed by atoms with Gasteiger partial charge in [-0.15, -0.1) is 0 Å². The molecule has 0 aliphatic heterocycles. The van der Waals surface area contributed by atoms with Crippen LogP contribution in [-0.4, -0.2) is 16.0 Å². The Hall–Kier alpha value is -2.29. The van der Waals surface area contributed by atoms with Crippen LogP contribution in [0, 0.1) is 0 Å². The smallest absolute Gasteiger partial charge is 0.201 e. The molecule has 2 aromatic carbocycles. The molecule has 0 unspecified atom stereocenters. The van der Waals surface area contributed by atoms with Crippen molar-refractivity contribution in [3.05, 3.63) is 58.1 Å². The lowest BCUT2D eigenvalue weighted by molar-refractivity contribution is 0.102. The van der Waals surface area contributed by atoms with Crippen molar-refractivity contribution in [1.82, 2.24) is 0 Å². The summed E-state index contributed by atoms with van der Waals surface area (Å²) in [4.78, 5) is 12.7. The maximum atomic E-state index is 12.7. The summed E-state index contributed by atoms with van der Waals surface area (Å²) in [7, 11) is 0. The second kappa shape index (κ2) is 5.24. The molecule has 3 heteroatoms. The van der Waals surface area contributed by atoms with Crippen LogP contribution in [0.25, 0.3) is 0 Å². The second-order valence-corrected chi connectivity index (χ2v) is 5.53. The van der Waals surface area contributed by atoms with Crippen LogP contribution < -0.4 is 0 Å². The number of ketones is 1. The first-order chi connectivity index (χ1) is 10.1. The van der Waals surface area contributed by atoms with E-state index < -0.39 is 0 Å². The first kappa shape index (κ1) is 13.7. The molecule has 0 amide bonds. The van der Waals surface area contributed by atoms with Crippen LogP contribution in [-0.2, 0) is 12.8 Å². The Kier molecular flexibility index (Phi) is 3.42. The topological polar surface area (TPSA) is 57.5 Å². The highest BCUT2D eigenvalue weighted by Crippen LogP contribution is 2.38. The Labute approximate surface area is 123 Å². The van der Waals surface area contributed by atoms with Crippen LogP contribution in [0.3, 0.4) is 0 Å². The summed E-state index contributed by atoms with van der Waals surface area (Å²) in [5.74, 6) is -0.207. The number of fused-ring (bicyclic) bond motifs is 2. The maximum Gasteiger partial charge on any atom is 0.201 e. The number of carbonyl (C=O) groups excluding carboxylic acids is 1. The lowest BCUT2D eigenvalue weighted by Gasteiger charge is -2.21. The molecule has 1 aliphatic carbocycles. The molecular weight excluding hydrogens is 264 g/mol. The lowest BCUT2D eigenvalue weighted by Crippen LogP contribution is -2.16. The molecule has 3 nitrogen and oxygen atoms in total. The lowest BCUT2D eigenvalue weighted by atomic mass is 9.82. The van der Waals surface area contributed by atoms with Crippen molar-refractivity contribution in [2.45, 2.75) is 32.6 Å². The van der Waals surface area contributed by atoms with Crippen molar-refractivity contribution in [2.75, 3.05) is 0 Å². The van der Waals surface area contributed by atoms with E-state index in [0.717, 1.165) is 36.0 Å². The Morgan fingerprint density at radius 2 is 1.81 bits per heavy atom. The molecule has 3 rings (SSSR count). The highest BCUT2D eigenvalue weighted by Gasteiger charge is 2.29. The van der Waals surface area contributed by atoms with Crippen LogP contribution >= 0.6 is 0 Å². The van der Waals surface area contributed by atoms with Gasteiger partial charge in [0.15, 0.2) is 0 Å². The predicted octanol–water partition coefficient (Wildman–Crippen LogP) is 3.58. The number of aryl methyl sites for hydroxylation is 1. The number of unbranched alkanes of at least 4 members (excludes halogenated alkanes) is 1. The van der Waals surface area contributed by atoms with Crippen molar-refractivity contribution >= 4 is 5.78 Å². The van der Waals surface area contributed by atoms with E-state index in [-0.39, 0.29) is 17.3 Å². The number of aromatic hydroxyl groups is 2. The van der Waals surface area contributed by atoms with Crippen LogP contribution in [0.1, 0.15) is 52.4 Å². The highest BCUT2D eigenvalue weighted by atomic mass is 16.3. The van der Waals surface area contributed by atoms with Gasteiger partial charge in [0.25, 0.3) is 0 Å². The van der Waals surface area contributed by atoms with Crippen molar-refractivity contribution in [3.63, 3.8) is 0 Å². The molecule has 0 heterocycles. The Bertz CT molecular complexity index is 717. The van der Waals surface area contributed by atoms with Crippen molar-refractivity contribution in [2.24, 2.45) is 0 Å². The predicted molar refractivity (Wildman–Crippen MR) is 81.1 cm³/mol. The first-order valence-corrected chi connectivity index (χ1v) is 7.32. The Morgan fingerprint density at radius 1 is 1.05 bits per heavy atom. The monoisotopic (exact) mass is 282 g/mol. The molecule has 21 heavy (non-hydrogen) atoms. The molecule has 108 valence electrons. The minimum absolute atomic E-state index is 0.0125. The van der Waals surface area contributed by atoms with E-state index in [0.29, 0.717) is 17.5 Å². The third-order valence-electron chi connectivity index (χ3n) is 4.11. The number of phenolic OH excluding ortho intramolecular Hbond substituents is 2. The van der Waals surface area contributed by atoms with E-state index >= 15 is 0 Å². The van der Waals surface area contributed by atoms with Gasteiger partial charge >= 0.3 is 0 Å². The summed E-state index contributed by atoms with van der Waals surface area (Å²) in [6.45, 7) is 2.09. The normalized spacial score (nSPS) is 12.9. The van der Waals surface area contributed by atoms with Gasteiger partial charge in [-0.2, -0.15) is 0 Å². The summed E-state index contributed by atoms with van der Waals surface area (Å²) in [6.07, 6.45) is 3.33. The molecular formula is C18H18O3. The minimum Gasteiger partial charge on any atom is -0.507 e. The largest absolute Gasteiger partial charge is 0.507 e. The van der Waals surface area contributed by atoms with E-state index in [1.165, 1.54) is 6.07 Å². The van der Waals surface area contributed by atoms with Gasteiger partial charge in [0.1, 0.15) is 11.5 Å².